The van der Waals surface area contributed by atoms with E-state index in [2.05, 4.69) is 0 Å². The van der Waals surface area contributed by atoms with Gasteiger partial charge in [0.25, 0.3) is 11.8 Å². The van der Waals surface area contributed by atoms with Gasteiger partial charge in [0.2, 0.25) is 0 Å². The molecular formula is C27H26N2O4. The topological polar surface area (TPSA) is 59.1 Å². The van der Waals surface area contributed by atoms with E-state index in [1.54, 1.807) is 44.6 Å². The number of benzene rings is 3. The van der Waals surface area contributed by atoms with Crippen LogP contribution in [0.2, 0.25) is 0 Å². The van der Waals surface area contributed by atoms with Crippen molar-refractivity contribution >= 4 is 23.1 Å². The molecule has 168 valence electrons. The zero-order valence-electron chi connectivity index (χ0n) is 18.9. The summed E-state index contributed by atoms with van der Waals surface area (Å²) >= 11 is 0. The maximum atomic E-state index is 13.8. The third-order valence-corrected chi connectivity index (χ3v) is 5.66. The molecule has 2 amide bonds. The number of carbonyl (C=O) groups excluding carboxylic acids is 2. The molecule has 0 bridgehead atoms. The Labute approximate surface area is 193 Å². The van der Waals surface area contributed by atoms with Crippen molar-refractivity contribution in [3.05, 3.63) is 95.7 Å². The predicted octanol–water partition coefficient (Wildman–Crippen LogP) is 4.51. The number of likely N-dealkylation sites (N-methyl/N-ethyl adjacent to an activating group) is 1. The van der Waals surface area contributed by atoms with Crippen LogP contribution in [0.15, 0.2) is 84.6 Å². The van der Waals surface area contributed by atoms with Crippen LogP contribution in [0, 0.1) is 0 Å². The van der Waals surface area contributed by atoms with Crippen LogP contribution in [0.3, 0.4) is 0 Å². The molecule has 0 radical (unpaired) electrons. The van der Waals surface area contributed by atoms with Gasteiger partial charge < -0.3 is 14.4 Å². The number of para-hydroxylation sites is 1. The third-order valence-electron chi connectivity index (χ3n) is 5.66. The summed E-state index contributed by atoms with van der Waals surface area (Å²) in [6, 6.07) is 24.1. The molecule has 1 heterocycles. The minimum Gasteiger partial charge on any atom is -0.497 e. The number of anilines is 1. The lowest BCUT2D eigenvalue weighted by Crippen LogP contribution is -2.35. The summed E-state index contributed by atoms with van der Waals surface area (Å²) in [6.07, 6.45) is 0. The fourth-order valence-electron chi connectivity index (χ4n) is 4.04. The van der Waals surface area contributed by atoms with E-state index in [0.717, 1.165) is 5.56 Å². The van der Waals surface area contributed by atoms with E-state index in [0.29, 0.717) is 47.1 Å². The molecule has 0 unspecified atom stereocenters. The first-order chi connectivity index (χ1) is 16.1. The molecule has 0 aromatic heterocycles. The van der Waals surface area contributed by atoms with Gasteiger partial charge in [-0.3, -0.25) is 9.59 Å². The summed E-state index contributed by atoms with van der Waals surface area (Å²) in [7, 11) is 3.11. The van der Waals surface area contributed by atoms with Gasteiger partial charge >= 0.3 is 0 Å². The highest BCUT2D eigenvalue weighted by atomic mass is 16.5. The third kappa shape index (κ3) is 4.20. The van der Waals surface area contributed by atoms with Crippen molar-refractivity contribution in [3.8, 4) is 11.5 Å². The fourth-order valence-corrected chi connectivity index (χ4v) is 4.04. The van der Waals surface area contributed by atoms with Gasteiger partial charge in [-0.25, -0.2) is 4.90 Å². The van der Waals surface area contributed by atoms with Crippen molar-refractivity contribution in [1.29, 1.82) is 0 Å². The monoisotopic (exact) mass is 442 g/mol. The van der Waals surface area contributed by atoms with Crippen molar-refractivity contribution in [2.45, 2.75) is 13.5 Å². The maximum absolute atomic E-state index is 13.8. The van der Waals surface area contributed by atoms with Crippen LogP contribution in [-0.4, -0.2) is 37.5 Å². The molecule has 1 aliphatic rings. The van der Waals surface area contributed by atoms with E-state index in [9.17, 15) is 9.59 Å². The average molecular weight is 443 g/mol. The van der Waals surface area contributed by atoms with Gasteiger partial charge in [0, 0.05) is 24.7 Å². The van der Waals surface area contributed by atoms with Crippen molar-refractivity contribution in [2.75, 3.05) is 25.7 Å². The van der Waals surface area contributed by atoms with Crippen LogP contribution >= 0.6 is 0 Å². The molecule has 0 N–H and O–H groups in total. The van der Waals surface area contributed by atoms with Gasteiger partial charge in [-0.05, 0) is 30.7 Å². The Morgan fingerprint density at radius 1 is 0.818 bits per heavy atom. The van der Waals surface area contributed by atoms with E-state index >= 15 is 0 Å². The van der Waals surface area contributed by atoms with Gasteiger partial charge in [-0.1, -0.05) is 54.6 Å². The average Bonchev–Trinajstić information content (AvgIpc) is 3.12. The van der Waals surface area contributed by atoms with Gasteiger partial charge in [0.1, 0.15) is 17.2 Å². The number of ether oxygens (including phenoxy) is 2. The number of rotatable bonds is 8. The van der Waals surface area contributed by atoms with Crippen molar-refractivity contribution in [3.63, 3.8) is 0 Å². The van der Waals surface area contributed by atoms with Crippen LogP contribution in [0.25, 0.3) is 5.57 Å². The number of carbonyl (C=O) groups is 2. The first-order valence-electron chi connectivity index (χ1n) is 10.8. The lowest BCUT2D eigenvalue weighted by atomic mass is 10.0. The van der Waals surface area contributed by atoms with Gasteiger partial charge in [0.15, 0.2) is 0 Å². The number of nitrogens with zero attached hydrogens (tertiary/aromatic N) is 2. The van der Waals surface area contributed by atoms with Crippen molar-refractivity contribution < 1.29 is 19.1 Å². The largest absolute Gasteiger partial charge is 0.497 e. The van der Waals surface area contributed by atoms with E-state index in [4.69, 9.17) is 9.47 Å². The Balaban J connectivity index is 1.87. The lowest BCUT2D eigenvalue weighted by molar-refractivity contribution is -0.120. The second kappa shape index (κ2) is 9.61. The summed E-state index contributed by atoms with van der Waals surface area (Å²) in [5.41, 5.74) is 2.79. The second-order valence-electron chi connectivity index (χ2n) is 7.57. The molecular weight excluding hydrogens is 416 g/mol. The van der Waals surface area contributed by atoms with Crippen molar-refractivity contribution in [2.24, 2.45) is 0 Å². The predicted molar refractivity (Wildman–Crippen MR) is 128 cm³/mol. The minimum atomic E-state index is -0.390. The summed E-state index contributed by atoms with van der Waals surface area (Å²) in [5, 5.41) is 0. The highest BCUT2D eigenvalue weighted by Gasteiger charge is 2.43. The standard InChI is InChI=1S/C27H26N2O4/c1-4-28(18-19-11-6-5-7-12-19)25-24(22-15-8-9-16-23(22)33-3)26(30)29(27(25)31)20-13-10-14-21(17-20)32-2/h5-17H,4,18H2,1-3H3. The normalized spacial score (nSPS) is 13.5. The SMILES string of the molecule is CCN(Cc1ccccc1)C1=C(c2ccccc2OC)C(=O)N(c2cccc(OC)c2)C1=O. The number of hydrogen-bond acceptors (Lipinski definition) is 5. The molecule has 0 aliphatic carbocycles. The van der Waals surface area contributed by atoms with Gasteiger partial charge in [-0.2, -0.15) is 0 Å². The number of amides is 2. The zero-order valence-corrected chi connectivity index (χ0v) is 18.9. The van der Waals surface area contributed by atoms with Gasteiger partial charge in [0.05, 0.1) is 25.5 Å². The molecule has 0 fully saturated rings. The van der Waals surface area contributed by atoms with E-state index in [1.165, 1.54) is 4.90 Å². The first-order valence-corrected chi connectivity index (χ1v) is 10.8. The van der Waals surface area contributed by atoms with Crippen LogP contribution in [0.1, 0.15) is 18.1 Å². The molecule has 3 aromatic carbocycles. The maximum Gasteiger partial charge on any atom is 0.282 e. The summed E-state index contributed by atoms with van der Waals surface area (Å²) < 4.78 is 10.9. The van der Waals surface area contributed by atoms with Crippen LogP contribution in [-0.2, 0) is 16.1 Å². The van der Waals surface area contributed by atoms with E-state index < -0.39 is 0 Å². The summed E-state index contributed by atoms with van der Waals surface area (Å²) in [5.74, 6) is 0.345. The van der Waals surface area contributed by atoms with E-state index in [1.807, 2.05) is 60.4 Å². The summed E-state index contributed by atoms with van der Waals surface area (Å²) in [4.78, 5) is 30.8. The number of hydrogen-bond donors (Lipinski definition) is 0. The lowest BCUT2D eigenvalue weighted by Gasteiger charge is -2.25. The first kappa shape index (κ1) is 22.1. The van der Waals surface area contributed by atoms with Crippen LogP contribution in [0.4, 0.5) is 5.69 Å². The Morgan fingerprint density at radius 3 is 2.24 bits per heavy atom. The Kier molecular flexibility index (Phi) is 6.45. The molecule has 0 spiro atoms. The fraction of sp³-hybridized carbons (Fsp3) is 0.185. The second-order valence-corrected chi connectivity index (χ2v) is 7.57. The molecule has 0 saturated heterocycles. The zero-order chi connectivity index (χ0) is 23.4. The van der Waals surface area contributed by atoms with Gasteiger partial charge in [-0.15, -0.1) is 0 Å². The molecule has 33 heavy (non-hydrogen) atoms. The number of methoxy groups -OCH3 is 2. The smallest absolute Gasteiger partial charge is 0.282 e. The van der Waals surface area contributed by atoms with Crippen LogP contribution in [0.5, 0.6) is 11.5 Å². The highest BCUT2D eigenvalue weighted by Crippen LogP contribution is 2.39. The quantitative estimate of drug-likeness (QED) is 0.481. The number of imide groups is 1. The molecule has 0 atom stereocenters. The highest BCUT2D eigenvalue weighted by molar-refractivity contribution is 6.45. The Morgan fingerprint density at radius 2 is 1.55 bits per heavy atom. The minimum absolute atomic E-state index is 0.332. The Hall–Kier alpha value is -4.06. The van der Waals surface area contributed by atoms with Crippen molar-refractivity contribution in [1.82, 2.24) is 4.90 Å². The molecule has 6 heteroatoms. The Bertz CT molecular complexity index is 1200. The molecule has 3 aromatic rings. The molecule has 0 saturated carbocycles. The van der Waals surface area contributed by atoms with E-state index in [-0.39, 0.29) is 11.8 Å². The summed E-state index contributed by atoms with van der Waals surface area (Å²) in [6.45, 7) is 3.02. The molecule has 6 nitrogen and oxygen atoms in total. The van der Waals surface area contributed by atoms with Crippen LogP contribution < -0.4 is 14.4 Å². The molecule has 4 rings (SSSR count). The molecule has 1 aliphatic heterocycles.